The van der Waals surface area contributed by atoms with Gasteiger partial charge in [0.15, 0.2) is 0 Å². The molecule has 0 aliphatic rings. The number of carbonyl (C=O) groups is 2. The molecule has 0 unspecified atom stereocenters. The molecule has 1 aromatic rings. The van der Waals surface area contributed by atoms with Crippen LogP contribution in [0.3, 0.4) is 0 Å². The lowest BCUT2D eigenvalue weighted by atomic mass is 10.4. The van der Waals surface area contributed by atoms with Crippen molar-refractivity contribution in [2.45, 2.75) is 4.90 Å². The van der Waals surface area contributed by atoms with Crippen molar-refractivity contribution >= 4 is 35.3 Å². The molecule has 0 saturated carbocycles. The zero-order valence-corrected chi connectivity index (χ0v) is 14.1. The number of hydrogen-bond acceptors (Lipinski definition) is 6. The van der Waals surface area contributed by atoms with Crippen molar-refractivity contribution in [3.63, 3.8) is 0 Å². The van der Waals surface area contributed by atoms with E-state index in [4.69, 9.17) is 41.9 Å². The van der Waals surface area contributed by atoms with Gasteiger partial charge >= 0.3 is 11.9 Å². The highest BCUT2D eigenvalue weighted by Crippen LogP contribution is 2.19. The summed E-state index contributed by atoms with van der Waals surface area (Å²) in [5, 5.41) is 18.7. The summed E-state index contributed by atoms with van der Waals surface area (Å²) in [5.41, 5.74) is 5.35. The van der Waals surface area contributed by atoms with Gasteiger partial charge in [0.25, 0.3) is 0 Å². The lowest BCUT2D eigenvalue weighted by Crippen LogP contribution is -2.26. The second kappa shape index (κ2) is 14.3. The molecule has 0 saturated heterocycles. The van der Waals surface area contributed by atoms with E-state index in [9.17, 15) is 0 Å². The summed E-state index contributed by atoms with van der Waals surface area (Å²) in [6, 6.07) is 7.86. The minimum Gasteiger partial charge on any atom is -0.473 e. The van der Waals surface area contributed by atoms with Gasteiger partial charge in [-0.15, -0.1) is 11.8 Å². The molecule has 0 aromatic heterocycles. The molecule has 0 atom stereocenters. The normalized spacial score (nSPS) is 9.83. The van der Waals surface area contributed by atoms with Crippen LogP contribution in [0.2, 0.25) is 5.02 Å². The Morgan fingerprint density at radius 1 is 1.13 bits per heavy atom. The highest BCUT2D eigenvalue weighted by atomic mass is 35.5. The van der Waals surface area contributed by atoms with E-state index in [1.54, 1.807) is 11.8 Å². The van der Waals surface area contributed by atoms with E-state index in [1.165, 1.54) is 4.90 Å². The van der Waals surface area contributed by atoms with Gasteiger partial charge in [-0.3, -0.25) is 0 Å². The maximum atomic E-state index is 9.10. The van der Waals surface area contributed by atoms with Gasteiger partial charge in [-0.05, 0) is 24.3 Å². The fraction of sp³-hybridized carbons (Fsp3) is 0.429. The van der Waals surface area contributed by atoms with E-state index in [2.05, 4.69) is 5.32 Å². The van der Waals surface area contributed by atoms with Crippen LogP contribution in [0.5, 0.6) is 0 Å². The highest BCUT2D eigenvalue weighted by molar-refractivity contribution is 7.99. The van der Waals surface area contributed by atoms with Crippen LogP contribution in [0, 0.1) is 0 Å². The second-order valence-electron chi connectivity index (χ2n) is 4.06. The number of ether oxygens (including phenoxy) is 1. The van der Waals surface area contributed by atoms with E-state index in [1.807, 2.05) is 24.3 Å². The van der Waals surface area contributed by atoms with Gasteiger partial charge in [-0.2, -0.15) is 0 Å². The van der Waals surface area contributed by atoms with Gasteiger partial charge in [0, 0.05) is 35.3 Å². The lowest BCUT2D eigenvalue weighted by molar-refractivity contribution is -0.159. The van der Waals surface area contributed by atoms with Crippen molar-refractivity contribution < 1.29 is 24.5 Å². The SMILES string of the molecule is NCCNCCOCCSc1ccc(Cl)cc1.O=C(O)C(=O)O. The third-order valence-electron chi connectivity index (χ3n) is 2.24. The molecular formula is C14H21ClN2O5S. The summed E-state index contributed by atoms with van der Waals surface area (Å²) in [6.45, 7) is 3.89. The number of carboxylic acids is 2. The van der Waals surface area contributed by atoms with E-state index in [-0.39, 0.29) is 0 Å². The zero-order valence-electron chi connectivity index (χ0n) is 12.5. The van der Waals surface area contributed by atoms with Crippen LogP contribution in [0.15, 0.2) is 29.2 Å². The zero-order chi connectivity index (χ0) is 17.5. The number of aliphatic carboxylic acids is 2. The average Bonchev–Trinajstić information content (AvgIpc) is 2.52. The number of benzene rings is 1. The Labute approximate surface area is 144 Å². The van der Waals surface area contributed by atoms with Crippen molar-refractivity contribution in [1.29, 1.82) is 0 Å². The summed E-state index contributed by atoms with van der Waals surface area (Å²) < 4.78 is 5.48. The van der Waals surface area contributed by atoms with Crippen LogP contribution in [-0.2, 0) is 14.3 Å². The Bertz CT molecular complexity index is 447. The summed E-state index contributed by atoms with van der Waals surface area (Å²) in [6.07, 6.45) is 0. The van der Waals surface area contributed by atoms with Crippen LogP contribution >= 0.6 is 23.4 Å². The van der Waals surface area contributed by atoms with Crippen molar-refractivity contribution in [3.8, 4) is 0 Å². The largest absolute Gasteiger partial charge is 0.473 e. The number of hydrogen-bond donors (Lipinski definition) is 4. The molecule has 1 aromatic carbocycles. The van der Waals surface area contributed by atoms with Crippen molar-refractivity contribution in [1.82, 2.24) is 5.32 Å². The quantitative estimate of drug-likeness (QED) is 0.292. The maximum Gasteiger partial charge on any atom is 0.414 e. The Balaban J connectivity index is 0.000000688. The first-order valence-electron chi connectivity index (χ1n) is 6.80. The minimum atomic E-state index is -1.82. The minimum absolute atomic E-state index is 0.673. The molecule has 0 aliphatic heterocycles. The Hall–Kier alpha value is -1.32. The van der Waals surface area contributed by atoms with E-state index < -0.39 is 11.9 Å². The first kappa shape index (κ1) is 21.7. The fourth-order valence-corrected chi connectivity index (χ4v) is 2.11. The number of nitrogens with one attached hydrogen (secondary N) is 1. The van der Waals surface area contributed by atoms with Gasteiger partial charge in [0.05, 0.1) is 13.2 Å². The summed E-state index contributed by atoms with van der Waals surface area (Å²) in [7, 11) is 0. The van der Waals surface area contributed by atoms with Crippen molar-refractivity contribution in [3.05, 3.63) is 29.3 Å². The molecule has 5 N–H and O–H groups in total. The fourth-order valence-electron chi connectivity index (χ4n) is 1.22. The first-order chi connectivity index (χ1) is 11.0. The number of halogens is 1. The van der Waals surface area contributed by atoms with Gasteiger partial charge in [-0.25, -0.2) is 9.59 Å². The molecular weight excluding hydrogens is 344 g/mol. The first-order valence-corrected chi connectivity index (χ1v) is 8.16. The van der Waals surface area contributed by atoms with Crippen LogP contribution in [0.4, 0.5) is 0 Å². The second-order valence-corrected chi connectivity index (χ2v) is 5.67. The van der Waals surface area contributed by atoms with Gasteiger partial charge in [-0.1, -0.05) is 11.6 Å². The molecule has 0 amide bonds. The highest BCUT2D eigenvalue weighted by Gasteiger charge is 2.04. The third kappa shape index (κ3) is 14.0. The molecule has 0 radical (unpaired) electrons. The van der Waals surface area contributed by atoms with Crippen LogP contribution in [0.25, 0.3) is 0 Å². The predicted molar refractivity (Wildman–Crippen MR) is 90.2 cm³/mol. The molecule has 1 rings (SSSR count). The number of thioether (sulfide) groups is 1. The Morgan fingerprint density at radius 2 is 1.74 bits per heavy atom. The maximum absolute atomic E-state index is 9.10. The number of rotatable bonds is 9. The predicted octanol–water partition coefficient (Wildman–Crippen LogP) is 1.15. The molecule has 0 spiro atoms. The Kier molecular flexibility index (Phi) is 13.5. The van der Waals surface area contributed by atoms with E-state index in [0.717, 1.165) is 37.1 Å². The topological polar surface area (TPSA) is 122 Å². The molecule has 0 fully saturated rings. The van der Waals surface area contributed by atoms with E-state index >= 15 is 0 Å². The molecule has 0 bridgehead atoms. The lowest BCUT2D eigenvalue weighted by Gasteiger charge is -2.05. The summed E-state index contributed by atoms with van der Waals surface area (Å²) in [5.74, 6) is -2.69. The van der Waals surface area contributed by atoms with Crippen molar-refractivity contribution in [2.75, 3.05) is 38.6 Å². The van der Waals surface area contributed by atoms with Crippen LogP contribution < -0.4 is 11.1 Å². The summed E-state index contributed by atoms with van der Waals surface area (Å²) in [4.78, 5) is 19.4. The van der Waals surface area contributed by atoms with Crippen LogP contribution in [-0.4, -0.2) is 60.8 Å². The summed E-state index contributed by atoms with van der Waals surface area (Å²) >= 11 is 7.58. The molecule has 7 nitrogen and oxygen atoms in total. The van der Waals surface area contributed by atoms with E-state index in [0.29, 0.717) is 6.54 Å². The molecule has 0 heterocycles. The van der Waals surface area contributed by atoms with Crippen LogP contribution in [0.1, 0.15) is 0 Å². The monoisotopic (exact) mass is 364 g/mol. The number of nitrogens with two attached hydrogens (primary N) is 1. The smallest absolute Gasteiger partial charge is 0.414 e. The third-order valence-corrected chi connectivity index (χ3v) is 3.47. The standard InChI is InChI=1S/C12H19ClN2OS.C2H2O4/c13-11-1-3-12(4-2-11)17-10-9-16-8-7-15-6-5-14;3-1(4)2(5)6/h1-4,15H,5-10,14H2;(H,3,4)(H,5,6). The van der Waals surface area contributed by atoms with Gasteiger partial charge in [0.1, 0.15) is 0 Å². The van der Waals surface area contributed by atoms with Crippen molar-refractivity contribution in [2.24, 2.45) is 5.73 Å². The molecule has 130 valence electrons. The van der Waals surface area contributed by atoms with Gasteiger partial charge < -0.3 is 26.0 Å². The average molecular weight is 365 g/mol. The molecule has 23 heavy (non-hydrogen) atoms. The Morgan fingerprint density at radius 3 is 2.26 bits per heavy atom. The molecule has 0 aliphatic carbocycles. The van der Waals surface area contributed by atoms with Gasteiger partial charge in [0.2, 0.25) is 0 Å². The molecule has 9 heteroatoms. The number of carboxylic acid groups (broad SMARTS) is 2.